The van der Waals surface area contributed by atoms with Gasteiger partial charge in [0.15, 0.2) is 0 Å². The summed E-state index contributed by atoms with van der Waals surface area (Å²) >= 11 is 7.57. The summed E-state index contributed by atoms with van der Waals surface area (Å²) < 4.78 is 32.3. The second kappa shape index (κ2) is 8.28. The van der Waals surface area contributed by atoms with E-state index in [1.807, 2.05) is 19.9 Å². The van der Waals surface area contributed by atoms with Crippen LogP contribution in [0.2, 0.25) is 5.02 Å². The number of hydrogen-bond donors (Lipinski definition) is 1. The minimum Gasteiger partial charge on any atom is -0.379 e. The summed E-state index contributed by atoms with van der Waals surface area (Å²) in [5, 5.41) is 2.90. The van der Waals surface area contributed by atoms with Crippen LogP contribution in [0, 0.1) is 6.92 Å². The van der Waals surface area contributed by atoms with Crippen molar-refractivity contribution < 1.29 is 17.9 Å². The van der Waals surface area contributed by atoms with Crippen LogP contribution < -0.4 is 5.32 Å². The molecule has 1 fully saturated rings. The molecule has 6 nitrogen and oxygen atoms in total. The largest absolute Gasteiger partial charge is 0.379 e. The lowest BCUT2D eigenvalue weighted by Crippen LogP contribution is -2.40. The first-order valence-corrected chi connectivity index (χ1v) is 11.2. The summed E-state index contributed by atoms with van der Waals surface area (Å²) in [5.74, 6) is -0.264. The zero-order valence-corrected chi connectivity index (χ0v) is 17.5. The number of rotatable bonds is 5. The quantitative estimate of drug-likeness (QED) is 0.790. The molecule has 0 radical (unpaired) electrons. The number of anilines is 1. The summed E-state index contributed by atoms with van der Waals surface area (Å²) in [7, 11) is -3.75. The van der Waals surface area contributed by atoms with Crippen molar-refractivity contribution in [1.29, 1.82) is 0 Å². The Hall–Kier alpha value is -1.45. The minimum atomic E-state index is -3.75. The molecule has 0 bridgehead atoms. The molecule has 1 aromatic carbocycles. The zero-order valence-electron chi connectivity index (χ0n) is 15.1. The van der Waals surface area contributed by atoms with E-state index in [0.717, 1.165) is 16.9 Å². The molecule has 1 N–H and O–H groups in total. The number of carbonyl (C=O) groups is 1. The van der Waals surface area contributed by atoms with E-state index in [0.29, 0.717) is 23.8 Å². The van der Waals surface area contributed by atoms with E-state index in [4.69, 9.17) is 16.3 Å². The lowest BCUT2D eigenvalue weighted by Gasteiger charge is -2.26. The van der Waals surface area contributed by atoms with E-state index in [-0.39, 0.29) is 28.9 Å². The number of hydrogen-bond acceptors (Lipinski definition) is 5. The monoisotopic (exact) mass is 428 g/mol. The van der Waals surface area contributed by atoms with Crippen molar-refractivity contribution in [2.75, 3.05) is 31.6 Å². The van der Waals surface area contributed by atoms with Crippen molar-refractivity contribution >= 4 is 44.6 Å². The highest BCUT2D eigenvalue weighted by molar-refractivity contribution is 7.89. The molecule has 3 rings (SSSR count). The Morgan fingerprint density at radius 3 is 2.63 bits per heavy atom. The highest BCUT2D eigenvalue weighted by Gasteiger charge is 2.28. The van der Waals surface area contributed by atoms with Gasteiger partial charge in [0, 0.05) is 23.7 Å². The number of carbonyl (C=O) groups excluding carboxylic acids is 1. The number of halogens is 1. The van der Waals surface area contributed by atoms with Crippen LogP contribution >= 0.6 is 22.9 Å². The predicted molar refractivity (Wildman–Crippen MR) is 107 cm³/mol. The van der Waals surface area contributed by atoms with E-state index in [1.165, 1.54) is 27.8 Å². The van der Waals surface area contributed by atoms with E-state index in [1.54, 1.807) is 6.07 Å². The molecule has 146 valence electrons. The van der Waals surface area contributed by atoms with Crippen LogP contribution in [0.4, 0.5) is 5.69 Å². The van der Waals surface area contributed by atoms with Crippen molar-refractivity contribution in [3.8, 4) is 0 Å². The number of nitrogens with zero attached hydrogens (tertiary/aromatic N) is 1. The fourth-order valence-corrected chi connectivity index (χ4v) is 5.80. The van der Waals surface area contributed by atoms with Crippen LogP contribution in [0.25, 0.3) is 0 Å². The molecule has 0 saturated carbocycles. The average Bonchev–Trinajstić information content (AvgIpc) is 3.05. The third-order valence-electron chi connectivity index (χ3n) is 4.40. The standard InChI is InChI=1S/C18H21ClN2O4S2/c1-3-13-10-16(26-12(13)2)18(22)20-14-4-5-15(19)17(11-14)27(23,24)21-6-8-25-9-7-21/h4-5,10-11H,3,6-9H2,1-2H3,(H,20,22). The molecule has 0 atom stereocenters. The smallest absolute Gasteiger partial charge is 0.265 e. The Labute approximate surface area is 168 Å². The lowest BCUT2D eigenvalue weighted by molar-refractivity contribution is 0.0730. The molecular weight excluding hydrogens is 408 g/mol. The van der Waals surface area contributed by atoms with Gasteiger partial charge in [-0.25, -0.2) is 8.42 Å². The molecule has 1 amide bonds. The maximum Gasteiger partial charge on any atom is 0.265 e. The minimum absolute atomic E-state index is 0.0134. The second-order valence-electron chi connectivity index (χ2n) is 6.16. The summed E-state index contributed by atoms with van der Waals surface area (Å²) in [6.07, 6.45) is 0.860. The van der Waals surface area contributed by atoms with Crippen LogP contribution in [-0.2, 0) is 21.2 Å². The molecule has 0 aliphatic carbocycles. The third kappa shape index (κ3) is 4.35. The van der Waals surface area contributed by atoms with Crippen LogP contribution in [0.15, 0.2) is 29.2 Å². The molecule has 9 heteroatoms. The fourth-order valence-electron chi connectivity index (χ4n) is 2.88. The maximum atomic E-state index is 12.9. The van der Waals surface area contributed by atoms with Gasteiger partial charge in [-0.05, 0) is 43.2 Å². The lowest BCUT2D eigenvalue weighted by atomic mass is 10.2. The Morgan fingerprint density at radius 1 is 1.30 bits per heavy atom. The summed E-state index contributed by atoms with van der Waals surface area (Å²) in [4.78, 5) is 14.2. The first kappa shape index (κ1) is 20.3. The van der Waals surface area contributed by atoms with Gasteiger partial charge in [-0.2, -0.15) is 4.31 Å². The third-order valence-corrected chi connectivity index (χ3v) is 7.87. The second-order valence-corrected chi connectivity index (χ2v) is 9.73. The highest BCUT2D eigenvalue weighted by atomic mass is 35.5. The van der Waals surface area contributed by atoms with E-state index >= 15 is 0 Å². The highest BCUT2D eigenvalue weighted by Crippen LogP contribution is 2.29. The number of amides is 1. The molecule has 27 heavy (non-hydrogen) atoms. The Morgan fingerprint density at radius 2 is 2.00 bits per heavy atom. The van der Waals surface area contributed by atoms with Crippen molar-refractivity contribution in [2.24, 2.45) is 0 Å². The van der Waals surface area contributed by atoms with Crippen LogP contribution in [0.1, 0.15) is 27.0 Å². The van der Waals surface area contributed by atoms with Crippen LogP contribution in [0.5, 0.6) is 0 Å². The molecule has 1 aliphatic heterocycles. The van der Waals surface area contributed by atoms with Gasteiger partial charge >= 0.3 is 0 Å². The molecule has 2 aromatic rings. The van der Waals surface area contributed by atoms with Crippen molar-refractivity contribution in [3.05, 3.63) is 44.6 Å². The topological polar surface area (TPSA) is 75.7 Å². The van der Waals surface area contributed by atoms with Gasteiger partial charge in [-0.15, -0.1) is 11.3 Å². The number of aryl methyl sites for hydroxylation is 2. The van der Waals surface area contributed by atoms with Crippen molar-refractivity contribution in [2.45, 2.75) is 25.2 Å². The SMILES string of the molecule is CCc1cc(C(=O)Nc2ccc(Cl)c(S(=O)(=O)N3CCOCC3)c2)sc1C. The Balaban J connectivity index is 1.85. The first-order chi connectivity index (χ1) is 12.8. The number of benzene rings is 1. The zero-order chi connectivity index (χ0) is 19.6. The molecule has 2 heterocycles. The van der Waals surface area contributed by atoms with Crippen molar-refractivity contribution in [3.63, 3.8) is 0 Å². The number of thiophene rings is 1. The fraction of sp³-hybridized carbons (Fsp3) is 0.389. The molecular formula is C18H21ClN2O4S2. The number of nitrogens with one attached hydrogen (secondary N) is 1. The molecule has 1 saturated heterocycles. The summed E-state index contributed by atoms with van der Waals surface area (Å²) in [5.41, 5.74) is 1.53. The predicted octanol–water partition coefficient (Wildman–Crippen LogP) is 3.55. The van der Waals surface area contributed by atoms with E-state index < -0.39 is 10.0 Å². The van der Waals surface area contributed by atoms with Gasteiger partial charge in [-0.1, -0.05) is 18.5 Å². The van der Waals surface area contributed by atoms with Gasteiger partial charge in [0.2, 0.25) is 10.0 Å². The Kier molecular flexibility index (Phi) is 6.22. The summed E-state index contributed by atoms with van der Waals surface area (Å²) in [6, 6.07) is 6.37. The average molecular weight is 429 g/mol. The van der Waals surface area contributed by atoms with Crippen molar-refractivity contribution in [1.82, 2.24) is 4.31 Å². The van der Waals surface area contributed by atoms with Gasteiger partial charge < -0.3 is 10.1 Å². The molecule has 0 unspecified atom stereocenters. The van der Waals surface area contributed by atoms with Gasteiger partial charge in [0.05, 0.1) is 23.1 Å². The van der Waals surface area contributed by atoms with Gasteiger partial charge in [-0.3, -0.25) is 4.79 Å². The normalized spacial score (nSPS) is 15.7. The van der Waals surface area contributed by atoms with E-state index in [9.17, 15) is 13.2 Å². The molecule has 0 spiro atoms. The first-order valence-electron chi connectivity index (χ1n) is 8.61. The maximum absolute atomic E-state index is 12.9. The number of ether oxygens (including phenoxy) is 1. The van der Waals surface area contributed by atoms with Crippen LogP contribution in [-0.4, -0.2) is 44.9 Å². The number of morpholine rings is 1. The molecule has 1 aliphatic rings. The van der Waals surface area contributed by atoms with E-state index in [2.05, 4.69) is 5.32 Å². The Bertz CT molecular complexity index is 950. The van der Waals surface area contributed by atoms with Gasteiger partial charge in [0.25, 0.3) is 5.91 Å². The number of sulfonamides is 1. The van der Waals surface area contributed by atoms with Gasteiger partial charge in [0.1, 0.15) is 4.90 Å². The van der Waals surface area contributed by atoms with Crippen LogP contribution in [0.3, 0.4) is 0 Å². The summed E-state index contributed by atoms with van der Waals surface area (Å²) in [6.45, 7) is 5.29. The molecule has 1 aromatic heterocycles.